The van der Waals surface area contributed by atoms with Crippen molar-refractivity contribution in [1.29, 1.82) is 0 Å². The van der Waals surface area contributed by atoms with Gasteiger partial charge in [-0.3, -0.25) is 4.98 Å². The van der Waals surface area contributed by atoms with Crippen LogP contribution in [0.3, 0.4) is 0 Å². The Hall–Kier alpha value is -2.43. The second kappa shape index (κ2) is 4.39. The summed E-state index contributed by atoms with van der Waals surface area (Å²) in [6.07, 6.45) is 7.44. The van der Waals surface area contributed by atoms with Crippen LogP contribution >= 0.6 is 0 Å². The van der Waals surface area contributed by atoms with E-state index in [1.54, 1.807) is 18.6 Å². The van der Waals surface area contributed by atoms with Gasteiger partial charge in [-0.2, -0.15) is 0 Å². The van der Waals surface area contributed by atoms with E-state index in [1.807, 2.05) is 12.1 Å². The summed E-state index contributed by atoms with van der Waals surface area (Å²) in [5.41, 5.74) is 1.50. The van der Waals surface area contributed by atoms with Gasteiger partial charge in [0.25, 0.3) is 0 Å². The van der Waals surface area contributed by atoms with Crippen LogP contribution in [0.5, 0.6) is 0 Å². The highest BCUT2D eigenvalue weighted by Crippen LogP contribution is 2.13. The number of aromatic nitrogens is 3. The largest absolute Gasteiger partial charge is 0.478 e. The first kappa shape index (κ1) is 10.1. The predicted molar refractivity (Wildman–Crippen MR) is 58.5 cm³/mol. The lowest BCUT2D eigenvalue weighted by Crippen LogP contribution is -1.85. The SMILES string of the molecule is O=C(O)/C=C/c1cnc(-c2cccnc2)[nH]1. The van der Waals surface area contributed by atoms with Crippen molar-refractivity contribution in [2.75, 3.05) is 0 Å². The molecule has 0 saturated carbocycles. The number of rotatable bonds is 3. The number of carboxylic acids is 1. The number of carbonyl (C=O) groups is 1. The number of aliphatic carboxylic acids is 1. The molecule has 0 radical (unpaired) electrons. The molecule has 0 amide bonds. The highest BCUT2D eigenvalue weighted by atomic mass is 16.4. The molecule has 2 rings (SSSR count). The van der Waals surface area contributed by atoms with E-state index in [-0.39, 0.29) is 0 Å². The number of nitrogens with zero attached hydrogens (tertiary/aromatic N) is 2. The molecule has 0 unspecified atom stereocenters. The molecule has 2 N–H and O–H groups in total. The van der Waals surface area contributed by atoms with Crippen molar-refractivity contribution in [2.24, 2.45) is 0 Å². The summed E-state index contributed by atoms with van der Waals surface area (Å²) in [7, 11) is 0. The Morgan fingerprint density at radius 3 is 3.00 bits per heavy atom. The zero-order chi connectivity index (χ0) is 11.4. The molecule has 0 aromatic carbocycles. The first-order valence-corrected chi connectivity index (χ1v) is 4.62. The van der Waals surface area contributed by atoms with Crippen molar-refractivity contribution in [2.45, 2.75) is 0 Å². The van der Waals surface area contributed by atoms with Gasteiger partial charge in [-0.15, -0.1) is 0 Å². The van der Waals surface area contributed by atoms with Crippen molar-refractivity contribution in [3.05, 3.63) is 42.5 Å². The first-order chi connectivity index (χ1) is 7.75. The quantitative estimate of drug-likeness (QED) is 0.761. The van der Waals surface area contributed by atoms with Gasteiger partial charge in [-0.05, 0) is 18.2 Å². The smallest absolute Gasteiger partial charge is 0.328 e. The molecule has 0 aliphatic carbocycles. The summed E-state index contributed by atoms with van der Waals surface area (Å²) in [6.45, 7) is 0. The Morgan fingerprint density at radius 2 is 2.31 bits per heavy atom. The zero-order valence-electron chi connectivity index (χ0n) is 8.29. The lowest BCUT2D eigenvalue weighted by molar-refractivity contribution is -0.131. The fourth-order valence-electron chi connectivity index (χ4n) is 1.23. The van der Waals surface area contributed by atoms with Gasteiger partial charge in [0.2, 0.25) is 0 Å². The van der Waals surface area contributed by atoms with Crippen LogP contribution in [0.15, 0.2) is 36.8 Å². The fourth-order valence-corrected chi connectivity index (χ4v) is 1.23. The molecule has 16 heavy (non-hydrogen) atoms. The van der Waals surface area contributed by atoms with Crippen LogP contribution in [0.1, 0.15) is 5.69 Å². The summed E-state index contributed by atoms with van der Waals surface area (Å²) < 4.78 is 0. The van der Waals surface area contributed by atoms with Gasteiger partial charge in [0, 0.05) is 24.0 Å². The van der Waals surface area contributed by atoms with E-state index in [0.717, 1.165) is 11.6 Å². The molecule has 0 aliphatic heterocycles. The molecule has 5 nitrogen and oxygen atoms in total. The van der Waals surface area contributed by atoms with Gasteiger partial charge < -0.3 is 10.1 Å². The number of nitrogens with one attached hydrogen (secondary N) is 1. The Morgan fingerprint density at radius 1 is 1.44 bits per heavy atom. The minimum Gasteiger partial charge on any atom is -0.478 e. The summed E-state index contributed by atoms with van der Waals surface area (Å²) in [5.74, 6) is -0.323. The fraction of sp³-hybridized carbons (Fsp3) is 0. The lowest BCUT2D eigenvalue weighted by Gasteiger charge is -1.93. The molecule has 0 fully saturated rings. The highest BCUT2D eigenvalue weighted by molar-refractivity contribution is 5.84. The third kappa shape index (κ3) is 2.33. The van der Waals surface area contributed by atoms with Crippen LogP contribution in [0.4, 0.5) is 0 Å². The Kier molecular flexibility index (Phi) is 2.77. The van der Waals surface area contributed by atoms with Crippen molar-refractivity contribution >= 4 is 12.0 Å². The molecule has 2 heterocycles. The van der Waals surface area contributed by atoms with Crippen LogP contribution in [0, 0.1) is 0 Å². The lowest BCUT2D eigenvalue weighted by atomic mass is 10.3. The first-order valence-electron chi connectivity index (χ1n) is 4.62. The van der Waals surface area contributed by atoms with Crippen LogP contribution in [0.2, 0.25) is 0 Å². The van der Waals surface area contributed by atoms with Crippen LogP contribution in [-0.4, -0.2) is 26.0 Å². The average Bonchev–Trinajstić information content (AvgIpc) is 2.76. The Bertz CT molecular complexity index is 517. The molecule has 0 bridgehead atoms. The number of hydrogen-bond donors (Lipinski definition) is 2. The number of carboxylic acid groups (broad SMARTS) is 1. The van der Waals surface area contributed by atoms with Crippen molar-refractivity contribution in [3.63, 3.8) is 0 Å². The number of pyridine rings is 1. The second-order valence-corrected chi connectivity index (χ2v) is 3.10. The van der Waals surface area contributed by atoms with Crippen molar-refractivity contribution in [1.82, 2.24) is 15.0 Å². The molecule has 0 atom stereocenters. The molecular weight excluding hydrogens is 206 g/mol. The Labute approximate surface area is 91.5 Å². The van der Waals surface area contributed by atoms with E-state index in [0.29, 0.717) is 11.5 Å². The highest BCUT2D eigenvalue weighted by Gasteiger charge is 2.01. The van der Waals surface area contributed by atoms with Crippen molar-refractivity contribution < 1.29 is 9.90 Å². The molecule has 2 aromatic rings. The van der Waals surface area contributed by atoms with Gasteiger partial charge in [-0.25, -0.2) is 9.78 Å². The molecule has 80 valence electrons. The van der Waals surface area contributed by atoms with Gasteiger partial charge in [0.1, 0.15) is 5.82 Å². The van der Waals surface area contributed by atoms with Gasteiger partial charge >= 0.3 is 5.97 Å². The summed E-state index contributed by atoms with van der Waals surface area (Å²) in [5, 5.41) is 8.47. The molecule has 0 aliphatic rings. The second-order valence-electron chi connectivity index (χ2n) is 3.10. The molecule has 5 heteroatoms. The standard InChI is InChI=1S/C11H9N3O2/c15-10(16)4-3-9-7-13-11(14-9)8-2-1-5-12-6-8/h1-7H,(H,13,14)(H,15,16)/b4-3+. The number of aromatic amines is 1. The van der Waals surface area contributed by atoms with E-state index in [9.17, 15) is 4.79 Å². The maximum Gasteiger partial charge on any atom is 0.328 e. The third-order valence-corrected chi connectivity index (χ3v) is 1.94. The summed E-state index contributed by atoms with van der Waals surface area (Å²) in [6, 6.07) is 3.68. The van der Waals surface area contributed by atoms with Gasteiger partial charge in [0.05, 0.1) is 11.9 Å². The Balaban J connectivity index is 2.23. The topological polar surface area (TPSA) is 78.9 Å². The van der Waals surface area contributed by atoms with Gasteiger partial charge in [0.15, 0.2) is 0 Å². The molecule has 2 aromatic heterocycles. The maximum atomic E-state index is 10.3. The molecular formula is C11H9N3O2. The minimum absolute atomic E-state index is 0.640. The molecule has 0 spiro atoms. The van der Waals surface area contributed by atoms with E-state index in [1.165, 1.54) is 6.08 Å². The van der Waals surface area contributed by atoms with Gasteiger partial charge in [-0.1, -0.05) is 0 Å². The normalized spacial score (nSPS) is 10.8. The van der Waals surface area contributed by atoms with E-state index >= 15 is 0 Å². The number of hydrogen-bond acceptors (Lipinski definition) is 3. The minimum atomic E-state index is -0.988. The monoisotopic (exact) mass is 215 g/mol. The van der Waals surface area contributed by atoms with E-state index < -0.39 is 5.97 Å². The number of H-pyrrole nitrogens is 1. The van der Waals surface area contributed by atoms with Crippen LogP contribution in [0.25, 0.3) is 17.5 Å². The predicted octanol–water partition coefficient (Wildman–Crippen LogP) is 1.57. The third-order valence-electron chi connectivity index (χ3n) is 1.94. The van der Waals surface area contributed by atoms with Crippen LogP contribution < -0.4 is 0 Å². The average molecular weight is 215 g/mol. The van der Waals surface area contributed by atoms with Crippen molar-refractivity contribution in [3.8, 4) is 11.4 Å². The maximum absolute atomic E-state index is 10.3. The zero-order valence-corrected chi connectivity index (χ0v) is 8.29. The summed E-state index contributed by atoms with van der Waals surface area (Å²) >= 11 is 0. The van der Waals surface area contributed by atoms with E-state index in [4.69, 9.17) is 5.11 Å². The van der Waals surface area contributed by atoms with E-state index in [2.05, 4.69) is 15.0 Å². The number of imidazole rings is 1. The molecule has 0 saturated heterocycles. The van der Waals surface area contributed by atoms with Crippen LogP contribution in [-0.2, 0) is 4.79 Å². The summed E-state index contributed by atoms with van der Waals surface area (Å²) in [4.78, 5) is 21.4.